The van der Waals surface area contributed by atoms with Crippen molar-refractivity contribution in [3.05, 3.63) is 16.4 Å². The smallest absolute Gasteiger partial charge is 0.353 e. The van der Waals surface area contributed by atoms with Crippen LogP contribution in [0.15, 0.2) is 6.33 Å². The van der Waals surface area contributed by atoms with E-state index >= 15 is 0 Å². The van der Waals surface area contributed by atoms with Gasteiger partial charge in [-0.15, -0.1) is 0 Å². The molecule has 122 valence electrons. The monoisotopic (exact) mass is 310 g/mol. The second-order valence-electron chi connectivity index (χ2n) is 5.22. The molecule has 0 amide bonds. The molecule has 9 nitrogen and oxygen atoms in total. The van der Waals surface area contributed by atoms with Gasteiger partial charge in [-0.1, -0.05) is 0 Å². The highest BCUT2D eigenvalue weighted by atomic mass is 16.6. The Hall–Kier alpha value is -2.00. The molecule has 1 aliphatic rings. The number of nitro groups is 1. The highest BCUT2D eigenvalue weighted by Gasteiger charge is 2.28. The summed E-state index contributed by atoms with van der Waals surface area (Å²) in [6.45, 7) is 4.32. The molecule has 0 spiro atoms. The van der Waals surface area contributed by atoms with Gasteiger partial charge in [0, 0.05) is 46.4 Å². The van der Waals surface area contributed by atoms with Crippen LogP contribution >= 0.6 is 0 Å². The molecular weight excluding hydrogens is 288 g/mol. The van der Waals surface area contributed by atoms with Crippen molar-refractivity contribution in [2.24, 2.45) is 0 Å². The van der Waals surface area contributed by atoms with Crippen LogP contribution in [0.3, 0.4) is 0 Å². The number of hydrogen-bond donors (Lipinski definition) is 1. The van der Waals surface area contributed by atoms with Gasteiger partial charge in [0.2, 0.25) is 11.6 Å². The summed E-state index contributed by atoms with van der Waals surface area (Å²) in [4.78, 5) is 23.4. The molecule has 22 heavy (non-hydrogen) atoms. The van der Waals surface area contributed by atoms with Crippen molar-refractivity contribution in [1.29, 1.82) is 0 Å². The highest BCUT2D eigenvalue weighted by Crippen LogP contribution is 2.32. The Morgan fingerprint density at radius 3 is 2.73 bits per heavy atom. The standard InChI is InChI=1S/C13H22N6O3/c1-17-5-7-18(8-6-17)13-11(19(20)21)12(15-10-16-13)14-4-3-9-22-2/h10H,3-9H2,1-2H3,(H,14,15,16). The third-order valence-corrected chi connectivity index (χ3v) is 3.61. The fourth-order valence-electron chi connectivity index (χ4n) is 2.34. The highest BCUT2D eigenvalue weighted by molar-refractivity contribution is 5.70. The van der Waals surface area contributed by atoms with Crippen LogP contribution in [0.5, 0.6) is 0 Å². The molecule has 1 saturated heterocycles. The minimum atomic E-state index is -0.410. The summed E-state index contributed by atoms with van der Waals surface area (Å²) in [6.07, 6.45) is 2.13. The van der Waals surface area contributed by atoms with Gasteiger partial charge >= 0.3 is 5.69 Å². The van der Waals surface area contributed by atoms with Crippen molar-refractivity contribution in [3.8, 4) is 0 Å². The fourth-order valence-corrected chi connectivity index (χ4v) is 2.34. The lowest BCUT2D eigenvalue weighted by Gasteiger charge is -2.32. The predicted octanol–water partition coefficient (Wildman–Crippen LogP) is 0.585. The summed E-state index contributed by atoms with van der Waals surface area (Å²) < 4.78 is 4.97. The SMILES string of the molecule is COCCCNc1ncnc(N2CCN(C)CC2)c1[N+](=O)[O-]. The maximum atomic E-state index is 11.5. The third kappa shape index (κ3) is 4.01. The van der Waals surface area contributed by atoms with E-state index in [4.69, 9.17) is 4.74 Å². The molecule has 0 atom stereocenters. The van der Waals surface area contributed by atoms with Crippen LogP contribution in [-0.4, -0.2) is 73.3 Å². The zero-order chi connectivity index (χ0) is 15.9. The minimum absolute atomic E-state index is 0.0514. The van der Waals surface area contributed by atoms with E-state index in [-0.39, 0.29) is 11.5 Å². The van der Waals surface area contributed by atoms with Crippen molar-refractivity contribution in [2.75, 3.05) is 63.7 Å². The molecule has 1 fully saturated rings. The summed E-state index contributed by atoms with van der Waals surface area (Å²) in [7, 11) is 3.66. The van der Waals surface area contributed by atoms with Gasteiger partial charge in [-0.05, 0) is 13.5 Å². The first-order valence-electron chi connectivity index (χ1n) is 7.29. The maximum Gasteiger partial charge on any atom is 0.353 e. The molecule has 0 bridgehead atoms. The Morgan fingerprint density at radius 2 is 2.09 bits per heavy atom. The molecule has 0 aromatic carbocycles. The summed E-state index contributed by atoms with van der Waals surface area (Å²) in [6, 6.07) is 0. The molecular formula is C13H22N6O3. The van der Waals surface area contributed by atoms with Crippen LogP contribution < -0.4 is 10.2 Å². The number of ether oxygens (including phenoxy) is 1. The van der Waals surface area contributed by atoms with E-state index in [0.29, 0.717) is 19.0 Å². The van der Waals surface area contributed by atoms with Gasteiger partial charge in [0.05, 0.1) is 4.92 Å². The van der Waals surface area contributed by atoms with Crippen LogP contribution in [0.4, 0.5) is 17.3 Å². The Labute approximate surface area is 129 Å². The number of anilines is 2. The third-order valence-electron chi connectivity index (χ3n) is 3.61. The van der Waals surface area contributed by atoms with Crippen molar-refractivity contribution >= 4 is 17.3 Å². The van der Waals surface area contributed by atoms with Gasteiger partial charge < -0.3 is 19.9 Å². The number of methoxy groups -OCH3 is 1. The van der Waals surface area contributed by atoms with Crippen molar-refractivity contribution < 1.29 is 9.66 Å². The van der Waals surface area contributed by atoms with E-state index in [2.05, 4.69) is 20.2 Å². The number of rotatable bonds is 7. The lowest BCUT2D eigenvalue weighted by molar-refractivity contribution is -0.383. The molecule has 2 rings (SSSR count). The van der Waals surface area contributed by atoms with Crippen LogP contribution in [0.2, 0.25) is 0 Å². The fraction of sp³-hybridized carbons (Fsp3) is 0.692. The van der Waals surface area contributed by atoms with E-state index in [1.807, 2.05) is 11.9 Å². The van der Waals surface area contributed by atoms with E-state index in [0.717, 1.165) is 32.6 Å². The number of likely N-dealkylation sites (N-methyl/N-ethyl adjacent to an activating group) is 1. The topological polar surface area (TPSA) is 96.7 Å². The molecule has 9 heteroatoms. The number of nitrogens with zero attached hydrogens (tertiary/aromatic N) is 5. The lowest BCUT2D eigenvalue weighted by Crippen LogP contribution is -2.45. The second kappa shape index (κ2) is 7.85. The van der Waals surface area contributed by atoms with E-state index < -0.39 is 4.92 Å². The first kappa shape index (κ1) is 16.4. The van der Waals surface area contributed by atoms with Crippen LogP contribution in [0.25, 0.3) is 0 Å². The zero-order valence-corrected chi connectivity index (χ0v) is 13.0. The average molecular weight is 310 g/mol. The molecule has 0 saturated carbocycles. The van der Waals surface area contributed by atoms with Gasteiger partial charge in [0.25, 0.3) is 0 Å². The predicted molar refractivity (Wildman–Crippen MR) is 83.4 cm³/mol. The van der Waals surface area contributed by atoms with Crippen LogP contribution in [0.1, 0.15) is 6.42 Å². The molecule has 0 unspecified atom stereocenters. The van der Waals surface area contributed by atoms with Crippen LogP contribution in [-0.2, 0) is 4.74 Å². The molecule has 0 radical (unpaired) electrons. The number of piperazine rings is 1. The van der Waals surface area contributed by atoms with Gasteiger partial charge in [-0.25, -0.2) is 9.97 Å². The van der Waals surface area contributed by atoms with E-state index in [9.17, 15) is 10.1 Å². The minimum Gasteiger partial charge on any atom is -0.385 e. The molecule has 1 aromatic rings. The van der Waals surface area contributed by atoms with Gasteiger partial charge in [0.15, 0.2) is 0 Å². The van der Waals surface area contributed by atoms with Crippen LogP contribution in [0, 0.1) is 10.1 Å². The van der Waals surface area contributed by atoms with Crippen molar-refractivity contribution in [2.45, 2.75) is 6.42 Å². The van der Waals surface area contributed by atoms with E-state index in [1.54, 1.807) is 7.11 Å². The normalized spacial score (nSPS) is 15.8. The molecule has 1 aliphatic heterocycles. The Morgan fingerprint density at radius 1 is 1.36 bits per heavy atom. The Bertz CT molecular complexity index is 505. The first-order valence-corrected chi connectivity index (χ1v) is 7.29. The zero-order valence-electron chi connectivity index (χ0n) is 13.0. The summed E-state index contributed by atoms with van der Waals surface area (Å²) in [5, 5.41) is 14.5. The van der Waals surface area contributed by atoms with Gasteiger partial charge in [-0.3, -0.25) is 10.1 Å². The van der Waals surface area contributed by atoms with Crippen molar-refractivity contribution in [1.82, 2.24) is 14.9 Å². The molecule has 1 N–H and O–H groups in total. The Kier molecular flexibility index (Phi) is 5.84. The summed E-state index contributed by atoms with van der Waals surface area (Å²) >= 11 is 0. The molecule has 0 aliphatic carbocycles. The largest absolute Gasteiger partial charge is 0.385 e. The number of hydrogen-bond acceptors (Lipinski definition) is 8. The van der Waals surface area contributed by atoms with E-state index in [1.165, 1.54) is 6.33 Å². The molecule has 2 heterocycles. The summed E-state index contributed by atoms with van der Waals surface area (Å²) in [5.41, 5.74) is -0.0514. The quantitative estimate of drug-likeness (QED) is 0.444. The van der Waals surface area contributed by atoms with Gasteiger partial charge in [-0.2, -0.15) is 0 Å². The first-order chi connectivity index (χ1) is 10.6. The van der Waals surface area contributed by atoms with Crippen molar-refractivity contribution in [3.63, 3.8) is 0 Å². The number of aromatic nitrogens is 2. The second-order valence-corrected chi connectivity index (χ2v) is 5.22. The average Bonchev–Trinajstić information content (AvgIpc) is 2.52. The lowest BCUT2D eigenvalue weighted by atomic mass is 10.3. The number of nitrogens with one attached hydrogen (secondary N) is 1. The maximum absolute atomic E-state index is 11.5. The summed E-state index contributed by atoms with van der Waals surface area (Å²) in [5.74, 6) is 0.660. The molecule has 1 aromatic heterocycles. The Balaban J connectivity index is 2.17. The van der Waals surface area contributed by atoms with Gasteiger partial charge in [0.1, 0.15) is 6.33 Å².